The maximum absolute atomic E-state index is 12.0. The Hall–Kier alpha value is -1.77. The zero-order valence-electron chi connectivity index (χ0n) is 14.5. The van der Waals surface area contributed by atoms with Crippen LogP contribution in [0.1, 0.15) is 74.8 Å². The summed E-state index contributed by atoms with van der Waals surface area (Å²) < 4.78 is 5.28. The predicted molar refractivity (Wildman–Crippen MR) is 96.0 cm³/mol. The van der Waals surface area contributed by atoms with Gasteiger partial charge < -0.3 is 9.72 Å². The Morgan fingerprint density at radius 3 is 2.57 bits per heavy atom. The Balaban J connectivity index is 1.93. The summed E-state index contributed by atoms with van der Waals surface area (Å²) in [7, 11) is 0. The number of esters is 1. The molecule has 23 heavy (non-hydrogen) atoms. The van der Waals surface area contributed by atoms with Crippen LogP contribution in [-0.4, -0.2) is 17.6 Å². The lowest BCUT2D eigenvalue weighted by Crippen LogP contribution is -2.05. The number of hydrogen-bond donors (Lipinski definition) is 1. The van der Waals surface area contributed by atoms with Gasteiger partial charge in [0.05, 0.1) is 12.2 Å². The summed E-state index contributed by atoms with van der Waals surface area (Å²) in [5, 5.41) is 1.10. The van der Waals surface area contributed by atoms with Crippen molar-refractivity contribution in [3.63, 3.8) is 0 Å². The third-order valence-electron chi connectivity index (χ3n) is 4.19. The van der Waals surface area contributed by atoms with Crippen LogP contribution in [0.2, 0.25) is 0 Å². The van der Waals surface area contributed by atoms with E-state index in [-0.39, 0.29) is 5.97 Å². The summed E-state index contributed by atoms with van der Waals surface area (Å²) in [5.74, 6) is -0.220. The Morgan fingerprint density at radius 1 is 1.00 bits per heavy atom. The van der Waals surface area contributed by atoms with E-state index in [2.05, 4.69) is 24.9 Å². The molecule has 1 aromatic heterocycles. The van der Waals surface area contributed by atoms with Crippen molar-refractivity contribution in [2.45, 2.75) is 65.2 Å². The summed E-state index contributed by atoms with van der Waals surface area (Å²) in [6.45, 7) is 4.83. The van der Waals surface area contributed by atoms with E-state index in [0.717, 1.165) is 30.2 Å². The standard InChI is InChI=1S/C20H29NO2/c1-3-5-7-8-9-10-18-15-17-14-16(11-12-19(17)21-18)20(22)23-13-6-4-2/h11-12,14-15,21H,3-10,13H2,1-2H3. The van der Waals surface area contributed by atoms with Crippen molar-refractivity contribution in [2.75, 3.05) is 6.61 Å². The van der Waals surface area contributed by atoms with E-state index in [1.165, 1.54) is 37.8 Å². The molecule has 0 aliphatic rings. The Bertz CT molecular complexity index is 615. The van der Waals surface area contributed by atoms with Crippen LogP contribution in [-0.2, 0) is 11.2 Å². The van der Waals surface area contributed by atoms with Crippen LogP contribution in [0, 0.1) is 0 Å². The molecule has 126 valence electrons. The lowest BCUT2D eigenvalue weighted by atomic mass is 10.1. The zero-order valence-corrected chi connectivity index (χ0v) is 14.5. The predicted octanol–water partition coefficient (Wildman–Crippen LogP) is 5.64. The van der Waals surface area contributed by atoms with Crippen molar-refractivity contribution in [2.24, 2.45) is 0 Å². The third kappa shape index (κ3) is 5.42. The maximum Gasteiger partial charge on any atom is 0.338 e. The molecule has 0 radical (unpaired) electrons. The summed E-state index contributed by atoms with van der Waals surface area (Å²) in [6.07, 6.45) is 9.47. The van der Waals surface area contributed by atoms with Gasteiger partial charge in [0.2, 0.25) is 0 Å². The summed E-state index contributed by atoms with van der Waals surface area (Å²) in [5.41, 5.74) is 2.99. The first-order valence-electron chi connectivity index (χ1n) is 9.03. The highest BCUT2D eigenvalue weighted by molar-refractivity contribution is 5.94. The second kappa shape index (κ2) is 9.39. The number of fused-ring (bicyclic) bond motifs is 1. The molecule has 1 aromatic carbocycles. The summed E-state index contributed by atoms with van der Waals surface area (Å²) >= 11 is 0. The quantitative estimate of drug-likeness (QED) is 0.455. The highest BCUT2D eigenvalue weighted by Crippen LogP contribution is 2.19. The molecule has 3 nitrogen and oxygen atoms in total. The molecule has 3 heteroatoms. The Morgan fingerprint density at radius 2 is 1.78 bits per heavy atom. The van der Waals surface area contributed by atoms with E-state index < -0.39 is 0 Å². The smallest absolute Gasteiger partial charge is 0.338 e. The van der Waals surface area contributed by atoms with Gasteiger partial charge >= 0.3 is 5.97 Å². The van der Waals surface area contributed by atoms with Gasteiger partial charge in [0.25, 0.3) is 0 Å². The molecule has 1 heterocycles. The molecule has 0 spiro atoms. The lowest BCUT2D eigenvalue weighted by molar-refractivity contribution is 0.0500. The summed E-state index contributed by atoms with van der Waals surface area (Å²) in [4.78, 5) is 15.5. The molecule has 1 N–H and O–H groups in total. The van der Waals surface area contributed by atoms with Crippen LogP contribution in [0.15, 0.2) is 24.3 Å². The van der Waals surface area contributed by atoms with Crippen LogP contribution in [0.25, 0.3) is 10.9 Å². The molecule has 0 bridgehead atoms. The number of aromatic nitrogens is 1. The number of carbonyl (C=O) groups excluding carboxylic acids is 1. The van der Waals surface area contributed by atoms with Crippen LogP contribution in [0.3, 0.4) is 0 Å². The average molecular weight is 315 g/mol. The second-order valence-corrected chi connectivity index (χ2v) is 6.25. The van der Waals surface area contributed by atoms with Crippen LogP contribution < -0.4 is 0 Å². The minimum absolute atomic E-state index is 0.220. The molecule has 0 aliphatic carbocycles. The SMILES string of the molecule is CCCCCCCc1cc2cc(C(=O)OCCCC)ccc2[nH]1. The molecule has 0 atom stereocenters. The van der Waals surface area contributed by atoms with Crippen LogP contribution in [0.5, 0.6) is 0 Å². The monoisotopic (exact) mass is 315 g/mol. The van der Waals surface area contributed by atoms with Gasteiger partial charge in [-0.2, -0.15) is 0 Å². The molecular weight excluding hydrogens is 286 g/mol. The van der Waals surface area contributed by atoms with Gasteiger partial charge in [0.1, 0.15) is 0 Å². The number of aryl methyl sites for hydroxylation is 1. The van der Waals surface area contributed by atoms with Crippen molar-refractivity contribution in [1.29, 1.82) is 0 Å². The van der Waals surface area contributed by atoms with E-state index in [1.54, 1.807) is 0 Å². The molecule has 0 saturated heterocycles. The molecule has 0 unspecified atom stereocenters. The first-order valence-corrected chi connectivity index (χ1v) is 9.03. The Kier molecular flexibility index (Phi) is 7.18. The van der Waals surface area contributed by atoms with Crippen LogP contribution in [0.4, 0.5) is 0 Å². The third-order valence-corrected chi connectivity index (χ3v) is 4.19. The average Bonchev–Trinajstić information content (AvgIpc) is 2.96. The van der Waals surface area contributed by atoms with Crippen LogP contribution >= 0.6 is 0 Å². The van der Waals surface area contributed by atoms with E-state index in [0.29, 0.717) is 12.2 Å². The number of H-pyrrole nitrogens is 1. The van der Waals surface area contributed by atoms with E-state index >= 15 is 0 Å². The zero-order chi connectivity index (χ0) is 16.5. The van der Waals surface area contributed by atoms with E-state index in [1.807, 2.05) is 18.2 Å². The molecule has 2 rings (SSSR count). The fraction of sp³-hybridized carbons (Fsp3) is 0.550. The highest BCUT2D eigenvalue weighted by atomic mass is 16.5. The number of benzene rings is 1. The lowest BCUT2D eigenvalue weighted by Gasteiger charge is -2.03. The van der Waals surface area contributed by atoms with Crippen molar-refractivity contribution < 1.29 is 9.53 Å². The molecular formula is C20H29NO2. The number of nitrogens with one attached hydrogen (secondary N) is 1. The molecule has 0 aliphatic heterocycles. The van der Waals surface area contributed by atoms with Gasteiger partial charge in [0, 0.05) is 16.6 Å². The van der Waals surface area contributed by atoms with Crippen molar-refractivity contribution >= 4 is 16.9 Å². The number of ether oxygens (including phenoxy) is 1. The van der Waals surface area contributed by atoms with Gasteiger partial charge in [-0.3, -0.25) is 0 Å². The second-order valence-electron chi connectivity index (χ2n) is 6.25. The van der Waals surface area contributed by atoms with Crippen molar-refractivity contribution in [3.8, 4) is 0 Å². The topological polar surface area (TPSA) is 42.1 Å². The summed E-state index contributed by atoms with van der Waals surface area (Å²) in [6, 6.07) is 7.92. The largest absolute Gasteiger partial charge is 0.462 e. The van der Waals surface area contributed by atoms with Gasteiger partial charge in [-0.15, -0.1) is 0 Å². The van der Waals surface area contributed by atoms with E-state index in [9.17, 15) is 4.79 Å². The Labute approximate surface area is 139 Å². The number of hydrogen-bond acceptors (Lipinski definition) is 2. The number of carbonyl (C=O) groups is 1. The fourth-order valence-corrected chi connectivity index (χ4v) is 2.77. The normalized spacial score (nSPS) is 11.0. The van der Waals surface area contributed by atoms with Gasteiger partial charge in [0.15, 0.2) is 0 Å². The molecule has 0 amide bonds. The fourth-order valence-electron chi connectivity index (χ4n) is 2.77. The maximum atomic E-state index is 12.0. The first kappa shape index (κ1) is 17.6. The minimum Gasteiger partial charge on any atom is -0.462 e. The van der Waals surface area contributed by atoms with E-state index in [4.69, 9.17) is 4.74 Å². The van der Waals surface area contributed by atoms with Crippen molar-refractivity contribution in [1.82, 2.24) is 4.98 Å². The van der Waals surface area contributed by atoms with Gasteiger partial charge in [-0.25, -0.2) is 4.79 Å². The van der Waals surface area contributed by atoms with Crippen molar-refractivity contribution in [3.05, 3.63) is 35.5 Å². The molecule has 0 saturated carbocycles. The first-order chi connectivity index (χ1) is 11.2. The number of unbranched alkanes of at least 4 members (excludes halogenated alkanes) is 5. The number of rotatable bonds is 10. The number of aromatic amines is 1. The minimum atomic E-state index is -0.220. The van der Waals surface area contributed by atoms with Gasteiger partial charge in [-0.1, -0.05) is 46.0 Å². The molecule has 0 fully saturated rings. The van der Waals surface area contributed by atoms with Gasteiger partial charge in [-0.05, 0) is 43.5 Å². The molecule has 2 aromatic rings. The highest BCUT2D eigenvalue weighted by Gasteiger charge is 2.09.